The van der Waals surface area contributed by atoms with Crippen LogP contribution in [0.15, 0.2) is 35.3 Å². The quantitative estimate of drug-likeness (QED) is 0.669. The van der Waals surface area contributed by atoms with Crippen LogP contribution in [0.3, 0.4) is 0 Å². The van der Waals surface area contributed by atoms with E-state index in [1.165, 1.54) is 21.5 Å². The molecule has 0 spiro atoms. The average molecular weight is 413 g/mol. The molecule has 0 radical (unpaired) electrons. The Kier molecular flexibility index (Phi) is 5.63. The molecule has 30 heavy (non-hydrogen) atoms. The molecule has 1 unspecified atom stereocenters. The van der Waals surface area contributed by atoms with Crippen LogP contribution >= 0.6 is 0 Å². The van der Waals surface area contributed by atoms with Crippen molar-refractivity contribution in [3.8, 4) is 5.69 Å². The number of hydrogen-bond donors (Lipinski definition) is 1. The lowest BCUT2D eigenvalue weighted by Crippen LogP contribution is -2.38. The first-order valence-electron chi connectivity index (χ1n) is 10.1. The minimum Gasteiger partial charge on any atom is -0.376 e. The van der Waals surface area contributed by atoms with Crippen LogP contribution in [0.5, 0.6) is 0 Å². The second-order valence-corrected chi connectivity index (χ2v) is 7.74. The third-order valence-electron chi connectivity index (χ3n) is 5.17. The van der Waals surface area contributed by atoms with Gasteiger partial charge in [-0.25, -0.2) is 13.8 Å². The first kappa shape index (κ1) is 20.2. The van der Waals surface area contributed by atoms with E-state index in [-0.39, 0.29) is 30.3 Å². The fourth-order valence-corrected chi connectivity index (χ4v) is 3.63. The highest BCUT2D eigenvalue weighted by molar-refractivity contribution is 5.82. The van der Waals surface area contributed by atoms with E-state index in [0.29, 0.717) is 35.4 Å². The summed E-state index contributed by atoms with van der Waals surface area (Å²) in [5.74, 6) is -0.665. The van der Waals surface area contributed by atoms with Crippen LogP contribution in [0.2, 0.25) is 0 Å². The number of benzene rings is 1. The van der Waals surface area contributed by atoms with E-state index in [2.05, 4.69) is 15.5 Å². The number of carbonyl (C=O) groups is 1. The van der Waals surface area contributed by atoms with Crippen molar-refractivity contribution in [2.24, 2.45) is 0 Å². The van der Waals surface area contributed by atoms with Crippen molar-refractivity contribution in [1.82, 2.24) is 24.9 Å². The Balaban J connectivity index is 1.69. The van der Waals surface area contributed by atoms with Crippen molar-refractivity contribution >= 4 is 16.8 Å². The summed E-state index contributed by atoms with van der Waals surface area (Å²) in [7, 11) is 0. The number of ether oxygens (including phenoxy) is 1. The van der Waals surface area contributed by atoms with Gasteiger partial charge in [0.2, 0.25) is 5.91 Å². The third-order valence-corrected chi connectivity index (χ3v) is 5.17. The molecule has 3 aromatic rings. The lowest BCUT2D eigenvalue weighted by Gasteiger charge is -2.13. The number of carbonyl (C=O) groups excluding carboxylic acids is 1. The van der Waals surface area contributed by atoms with E-state index >= 15 is 0 Å². The lowest BCUT2D eigenvalue weighted by molar-refractivity contribution is -0.122. The van der Waals surface area contributed by atoms with Gasteiger partial charge in [0, 0.05) is 18.5 Å². The van der Waals surface area contributed by atoms with Gasteiger partial charge < -0.3 is 10.1 Å². The molecule has 0 bridgehead atoms. The molecule has 1 saturated heterocycles. The summed E-state index contributed by atoms with van der Waals surface area (Å²) in [5.41, 5.74) is 1.11. The molecule has 1 aliphatic rings. The number of halogens is 1. The Bertz CT molecular complexity index is 1110. The number of rotatable bonds is 6. The van der Waals surface area contributed by atoms with Gasteiger partial charge in [0.1, 0.15) is 17.9 Å². The van der Waals surface area contributed by atoms with E-state index in [9.17, 15) is 14.0 Å². The lowest BCUT2D eigenvalue weighted by atomic mass is 10.1. The molecule has 0 saturated carbocycles. The Morgan fingerprint density at radius 2 is 2.10 bits per heavy atom. The van der Waals surface area contributed by atoms with Crippen LogP contribution in [0, 0.1) is 5.82 Å². The van der Waals surface area contributed by atoms with Crippen molar-refractivity contribution < 1.29 is 13.9 Å². The number of fused-ring (bicyclic) bond motifs is 1. The normalized spacial score (nSPS) is 16.5. The number of nitrogens with zero attached hydrogens (tertiary/aromatic N) is 4. The van der Waals surface area contributed by atoms with Crippen LogP contribution in [-0.2, 0) is 16.1 Å². The third kappa shape index (κ3) is 3.97. The fraction of sp³-hybridized carbons (Fsp3) is 0.429. The van der Waals surface area contributed by atoms with E-state index in [4.69, 9.17) is 4.74 Å². The maximum atomic E-state index is 13.3. The number of nitrogens with one attached hydrogen (secondary N) is 1. The van der Waals surface area contributed by atoms with Gasteiger partial charge in [0.15, 0.2) is 0 Å². The van der Waals surface area contributed by atoms with Crippen molar-refractivity contribution in [2.45, 2.75) is 45.3 Å². The Morgan fingerprint density at radius 1 is 1.33 bits per heavy atom. The van der Waals surface area contributed by atoms with Gasteiger partial charge in [-0.05, 0) is 43.0 Å². The number of aromatic nitrogens is 4. The van der Waals surface area contributed by atoms with E-state index < -0.39 is 5.56 Å². The average Bonchev–Trinajstić information content (AvgIpc) is 3.39. The zero-order chi connectivity index (χ0) is 21.3. The first-order valence-corrected chi connectivity index (χ1v) is 10.1. The molecule has 1 aliphatic heterocycles. The standard InChI is InChI=1S/C21H24FN5O3/c1-13(2)19-17-11-24-27(15-7-5-14(22)6-8-15)20(17)21(29)26(25-19)12-18(28)23-10-16-4-3-9-30-16/h5-8,11,13,16H,3-4,9-10,12H2,1-2H3,(H,23,28). The van der Waals surface area contributed by atoms with Crippen LogP contribution < -0.4 is 10.9 Å². The van der Waals surface area contributed by atoms with Gasteiger partial charge in [-0.1, -0.05) is 13.8 Å². The number of amides is 1. The molecule has 3 heterocycles. The van der Waals surface area contributed by atoms with Gasteiger partial charge in [-0.3, -0.25) is 9.59 Å². The zero-order valence-electron chi connectivity index (χ0n) is 17.0. The topological polar surface area (TPSA) is 91.0 Å². The maximum Gasteiger partial charge on any atom is 0.293 e. The largest absolute Gasteiger partial charge is 0.376 e. The molecule has 1 aromatic carbocycles. The summed E-state index contributed by atoms with van der Waals surface area (Å²) in [4.78, 5) is 25.6. The molecule has 8 nitrogen and oxygen atoms in total. The second-order valence-electron chi connectivity index (χ2n) is 7.74. The molecule has 2 aromatic heterocycles. The summed E-state index contributed by atoms with van der Waals surface area (Å²) in [5, 5.41) is 12.2. The SMILES string of the molecule is CC(C)c1nn(CC(=O)NCC2CCCO2)c(=O)c2c1cnn2-c1ccc(F)cc1. The van der Waals surface area contributed by atoms with Gasteiger partial charge in [-0.2, -0.15) is 10.2 Å². The first-order chi connectivity index (χ1) is 14.4. The minimum atomic E-state index is -0.427. The van der Waals surface area contributed by atoms with Crippen LogP contribution in [0.1, 0.15) is 38.3 Å². The number of hydrogen-bond acceptors (Lipinski definition) is 5. The van der Waals surface area contributed by atoms with Gasteiger partial charge >= 0.3 is 0 Å². The fourth-order valence-electron chi connectivity index (χ4n) is 3.63. The molecule has 1 atom stereocenters. The molecular weight excluding hydrogens is 389 g/mol. The van der Waals surface area contributed by atoms with Gasteiger partial charge in [0.05, 0.1) is 23.7 Å². The van der Waals surface area contributed by atoms with Gasteiger partial charge in [0.25, 0.3) is 5.56 Å². The Morgan fingerprint density at radius 3 is 2.77 bits per heavy atom. The molecule has 0 aliphatic carbocycles. The monoisotopic (exact) mass is 413 g/mol. The van der Waals surface area contributed by atoms with E-state index in [0.717, 1.165) is 12.8 Å². The minimum absolute atomic E-state index is 0.0140. The Labute approximate surface area is 172 Å². The molecule has 158 valence electrons. The van der Waals surface area contributed by atoms with Gasteiger partial charge in [-0.15, -0.1) is 0 Å². The summed E-state index contributed by atoms with van der Waals surface area (Å²) in [6.07, 6.45) is 3.51. The van der Waals surface area contributed by atoms with Crippen molar-refractivity contribution in [3.63, 3.8) is 0 Å². The van der Waals surface area contributed by atoms with Crippen molar-refractivity contribution in [1.29, 1.82) is 0 Å². The van der Waals surface area contributed by atoms with Crippen LogP contribution in [0.4, 0.5) is 4.39 Å². The maximum absolute atomic E-state index is 13.3. The van der Waals surface area contributed by atoms with E-state index in [1.54, 1.807) is 18.3 Å². The molecular formula is C21H24FN5O3. The van der Waals surface area contributed by atoms with Crippen LogP contribution in [0.25, 0.3) is 16.6 Å². The molecule has 1 fully saturated rings. The highest BCUT2D eigenvalue weighted by Gasteiger charge is 2.21. The Hall–Kier alpha value is -3.07. The summed E-state index contributed by atoms with van der Waals surface area (Å²) in [6.45, 7) is 4.85. The smallest absolute Gasteiger partial charge is 0.293 e. The predicted octanol–water partition coefficient (Wildman–Crippen LogP) is 2.14. The van der Waals surface area contributed by atoms with Crippen molar-refractivity contribution in [2.75, 3.05) is 13.2 Å². The highest BCUT2D eigenvalue weighted by atomic mass is 19.1. The molecule has 1 amide bonds. The summed E-state index contributed by atoms with van der Waals surface area (Å²) < 4.78 is 21.5. The molecule has 1 N–H and O–H groups in total. The molecule has 4 rings (SSSR count). The zero-order valence-corrected chi connectivity index (χ0v) is 17.0. The summed E-state index contributed by atoms with van der Waals surface area (Å²) >= 11 is 0. The van der Waals surface area contributed by atoms with E-state index in [1.807, 2.05) is 13.8 Å². The van der Waals surface area contributed by atoms with Crippen molar-refractivity contribution in [3.05, 3.63) is 52.3 Å². The summed E-state index contributed by atoms with van der Waals surface area (Å²) in [6, 6.07) is 5.72. The predicted molar refractivity (Wildman–Crippen MR) is 109 cm³/mol. The van der Waals surface area contributed by atoms with Crippen LogP contribution in [-0.4, -0.2) is 44.7 Å². The second kappa shape index (κ2) is 8.35. The molecule has 9 heteroatoms. The highest BCUT2D eigenvalue weighted by Crippen LogP contribution is 2.23.